The highest BCUT2D eigenvalue weighted by atomic mass is 32.2. The van der Waals surface area contributed by atoms with Crippen LogP contribution in [0.5, 0.6) is 0 Å². The highest BCUT2D eigenvalue weighted by Gasteiger charge is 2.09. The normalized spacial score (nSPS) is 10.7. The molecule has 0 spiro atoms. The summed E-state index contributed by atoms with van der Waals surface area (Å²) in [6.45, 7) is 2.17. The first kappa shape index (κ1) is 17.1. The molecule has 0 aliphatic heterocycles. The summed E-state index contributed by atoms with van der Waals surface area (Å²) >= 11 is 4.23. The minimum absolute atomic E-state index is 0.0885. The Balaban J connectivity index is 1.57. The maximum absolute atomic E-state index is 12.0. The molecule has 1 amide bonds. The van der Waals surface area contributed by atoms with E-state index in [4.69, 9.17) is 0 Å². The van der Waals surface area contributed by atoms with Gasteiger partial charge in [0.05, 0.1) is 11.4 Å². The number of benzene rings is 1. The quantitative estimate of drug-likeness (QED) is 0.621. The summed E-state index contributed by atoms with van der Waals surface area (Å²) in [5, 5.41) is 13.0. The fourth-order valence-corrected chi connectivity index (χ4v) is 4.13. The van der Waals surface area contributed by atoms with E-state index < -0.39 is 0 Å². The molecule has 0 aliphatic carbocycles. The van der Waals surface area contributed by atoms with Gasteiger partial charge >= 0.3 is 0 Å². The van der Waals surface area contributed by atoms with Crippen LogP contribution in [0, 0.1) is 0 Å². The van der Waals surface area contributed by atoms with Crippen LogP contribution in [0.4, 0.5) is 5.13 Å². The molecule has 2 heterocycles. The first-order valence-corrected chi connectivity index (χ1v) is 10.2. The SMILES string of the molecule is CCCc1ccc(-c2csc(NC(=O)CSc3nncs3)n2)cc1. The molecule has 1 N–H and O–H groups in total. The van der Waals surface area contributed by atoms with E-state index in [9.17, 15) is 4.79 Å². The van der Waals surface area contributed by atoms with Gasteiger partial charge in [0.1, 0.15) is 5.51 Å². The molecule has 0 bridgehead atoms. The van der Waals surface area contributed by atoms with E-state index >= 15 is 0 Å². The van der Waals surface area contributed by atoms with Gasteiger partial charge < -0.3 is 5.32 Å². The number of carbonyl (C=O) groups excluding carboxylic acids is 1. The van der Waals surface area contributed by atoms with Crippen LogP contribution in [0.25, 0.3) is 11.3 Å². The van der Waals surface area contributed by atoms with Gasteiger partial charge in [-0.1, -0.05) is 60.7 Å². The van der Waals surface area contributed by atoms with E-state index in [2.05, 4.69) is 51.7 Å². The molecule has 0 fully saturated rings. The lowest BCUT2D eigenvalue weighted by atomic mass is 10.1. The second-order valence-corrected chi connectivity index (χ2v) is 7.94. The molecule has 0 saturated heterocycles. The smallest absolute Gasteiger partial charge is 0.236 e. The van der Waals surface area contributed by atoms with Crippen LogP contribution in [0.3, 0.4) is 0 Å². The molecule has 0 unspecified atom stereocenters. The molecule has 5 nitrogen and oxygen atoms in total. The van der Waals surface area contributed by atoms with E-state index in [0.717, 1.165) is 28.4 Å². The zero-order valence-electron chi connectivity index (χ0n) is 13.1. The third-order valence-electron chi connectivity index (χ3n) is 3.21. The van der Waals surface area contributed by atoms with Gasteiger partial charge in [-0.05, 0) is 12.0 Å². The third-order valence-corrected chi connectivity index (χ3v) is 5.82. The molecule has 0 radical (unpaired) electrons. The van der Waals surface area contributed by atoms with Gasteiger partial charge in [0, 0.05) is 10.9 Å². The van der Waals surface area contributed by atoms with Crippen molar-refractivity contribution >= 4 is 45.5 Å². The average Bonchev–Trinajstić information content (AvgIpc) is 3.26. The minimum atomic E-state index is -0.0885. The summed E-state index contributed by atoms with van der Waals surface area (Å²) in [6.07, 6.45) is 2.23. The minimum Gasteiger partial charge on any atom is -0.301 e. The van der Waals surface area contributed by atoms with Gasteiger partial charge in [0.15, 0.2) is 9.47 Å². The lowest BCUT2D eigenvalue weighted by Gasteiger charge is -2.01. The van der Waals surface area contributed by atoms with Crippen molar-refractivity contribution in [3.8, 4) is 11.3 Å². The van der Waals surface area contributed by atoms with Crippen LogP contribution >= 0.6 is 34.4 Å². The molecule has 124 valence electrons. The molecule has 0 saturated carbocycles. The monoisotopic (exact) mass is 376 g/mol. The van der Waals surface area contributed by atoms with Crippen LogP contribution in [-0.4, -0.2) is 26.8 Å². The Labute approximate surface area is 152 Å². The molecule has 2 aromatic heterocycles. The Kier molecular flexibility index (Phi) is 5.95. The maximum Gasteiger partial charge on any atom is 0.236 e. The number of nitrogens with one attached hydrogen (secondary N) is 1. The highest BCUT2D eigenvalue weighted by molar-refractivity contribution is 8.01. The van der Waals surface area contributed by atoms with E-state index in [1.54, 1.807) is 5.51 Å². The Bertz CT molecular complexity index is 784. The van der Waals surface area contributed by atoms with Crippen molar-refractivity contribution in [2.24, 2.45) is 0 Å². The third kappa shape index (κ3) is 4.62. The van der Waals surface area contributed by atoms with Crippen LogP contribution < -0.4 is 5.32 Å². The summed E-state index contributed by atoms with van der Waals surface area (Å²) in [4.78, 5) is 16.5. The van der Waals surface area contributed by atoms with Gasteiger partial charge in [-0.3, -0.25) is 4.79 Å². The first-order chi connectivity index (χ1) is 11.7. The van der Waals surface area contributed by atoms with Gasteiger partial charge in [-0.25, -0.2) is 4.98 Å². The van der Waals surface area contributed by atoms with Crippen molar-refractivity contribution < 1.29 is 4.79 Å². The van der Waals surface area contributed by atoms with Crippen molar-refractivity contribution in [1.29, 1.82) is 0 Å². The van der Waals surface area contributed by atoms with Crippen LogP contribution in [0.15, 0.2) is 39.5 Å². The van der Waals surface area contributed by atoms with Crippen LogP contribution in [-0.2, 0) is 11.2 Å². The van der Waals surface area contributed by atoms with E-state index in [1.165, 1.54) is 40.0 Å². The molecule has 3 rings (SSSR count). The Hall–Kier alpha value is -1.77. The van der Waals surface area contributed by atoms with Gasteiger partial charge in [0.25, 0.3) is 0 Å². The number of nitrogens with zero attached hydrogens (tertiary/aromatic N) is 3. The molecular weight excluding hydrogens is 360 g/mol. The van der Waals surface area contributed by atoms with Gasteiger partial charge in [-0.2, -0.15) is 0 Å². The topological polar surface area (TPSA) is 67.8 Å². The Morgan fingerprint density at radius 2 is 2.08 bits per heavy atom. The lowest BCUT2D eigenvalue weighted by Crippen LogP contribution is -2.13. The predicted molar refractivity (Wildman–Crippen MR) is 101 cm³/mol. The number of thiazole rings is 1. The largest absolute Gasteiger partial charge is 0.301 e. The lowest BCUT2D eigenvalue weighted by molar-refractivity contribution is -0.113. The fourth-order valence-electron chi connectivity index (χ4n) is 2.10. The molecule has 1 aromatic carbocycles. The summed E-state index contributed by atoms with van der Waals surface area (Å²) in [5.41, 5.74) is 4.93. The number of hydrogen-bond donors (Lipinski definition) is 1. The van der Waals surface area contributed by atoms with E-state index in [1.807, 2.05) is 5.38 Å². The second-order valence-electron chi connectivity index (χ2n) is 5.03. The van der Waals surface area contributed by atoms with Crippen molar-refractivity contribution in [3.63, 3.8) is 0 Å². The number of anilines is 1. The zero-order chi connectivity index (χ0) is 16.8. The molecular formula is C16H16N4OS3. The number of thioether (sulfide) groups is 1. The number of aromatic nitrogens is 3. The Morgan fingerprint density at radius 3 is 2.79 bits per heavy atom. The molecule has 8 heteroatoms. The van der Waals surface area contributed by atoms with Crippen molar-refractivity contribution in [1.82, 2.24) is 15.2 Å². The molecule has 0 atom stereocenters. The van der Waals surface area contributed by atoms with Crippen molar-refractivity contribution in [2.75, 3.05) is 11.1 Å². The second kappa shape index (κ2) is 8.36. The van der Waals surface area contributed by atoms with Crippen molar-refractivity contribution in [3.05, 3.63) is 40.7 Å². The predicted octanol–water partition coefficient (Wildman–Crippen LogP) is 4.34. The average molecular weight is 377 g/mol. The van der Waals surface area contributed by atoms with E-state index in [0.29, 0.717) is 10.9 Å². The number of carbonyl (C=O) groups is 1. The van der Waals surface area contributed by atoms with E-state index in [-0.39, 0.29) is 5.91 Å². The van der Waals surface area contributed by atoms with Crippen LogP contribution in [0.2, 0.25) is 0 Å². The molecule has 24 heavy (non-hydrogen) atoms. The van der Waals surface area contributed by atoms with Gasteiger partial charge in [-0.15, -0.1) is 21.5 Å². The summed E-state index contributed by atoms with van der Waals surface area (Å²) in [5.74, 6) is 0.213. The number of rotatable bonds is 7. The summed E-state index contributed by atoms with van der Waals surface area (Å²) in [6, 6.07) is 8.43. The first-order valence-electron chi connectivity index (χ1n) is 7.48. The highest BCUT2D eigenvalue weighted by Crippen LogP contribution is 2.26. The summed E-state index contributed by atoms with van der Waals surface area (Å²) in [7, 11) is 0. The summed E-state index contributed by atoms with van der Waals surface area (Å²) < 4.78 is 0.789. The van der Waals surface area contributed by atoms with Crippen LogP contribution in [0.1, 0.15) is 18.9 Å². The Morgan fingerprint density at radius 1 is 1.25 bits per heavy atom. The fraction of sp³-hybridized carbons (Fsp3) is 0.250. The maximum atomic E-state index is 12.0. The number of amides is 1. The number of aryl methyl sites for hydroxylation is 1. The molecule has 0 aliphatic rings. The van der Waals surface area contributed by atoms with Gasteiger partial charge in [0.2, 0.25) is 5.91 Å². The zero-order valence-corrected chi connectivity index (χ0v) is 15.5. The molecule has 3 aromatic rings. The van der Waals surface area contributed by atoms with Crippen molar-refractivity contribution in [2.45, 2.75) is 24.1 Å². The standard InChI is InChI=1S/C16H16N4OS3/c1-2-3-11-4-6-12(7-5-11)13-8-22-15(18-13)19-14(21)9-23-16-20-17-10-24-16/h4-8,10H,2-3,9H2,1H3,(H,18,19,21). The number of hydrogen-bond acceptors (Lipinski definition) is 7.